The molecule has 1 unspecified atom stereocenters. The molecule has 0 bridgehead atoms. The van der Waals surface area contributed by atoms with Crippen LogP contribution in [0.5, 0.6) is 10.9 Å². The molecule has 1 aliphatic rings. The van der Waals surface area contributed by atoms with Crippen LogP contribution >= 0.6 is 11.3 Å². The highest BCUT2D eigenvalue weighted by atomic mass is 32.1. The molecule has 33 heavy (non-hydrogen) atoms. The average Bonchev–Trinajstić information content (AvgIpc) is 3.31. The van der Waals surface area contributed by atoms with Gasteiger partial charge in [-0.3, -0.25) is 0 Å². The van der Waals surface area contributed by atoms with Crippen LogP contribution in [0.2, 0.25) is 0 Å². The van der Waals surface area contributed by atoms with Crippen molar-refractivity contribution in [2.24, 2.45) is 0 Å². The van der Waals surface area contributed by atoms with Crippen molar-refractivity contribution in [3.63, 3.8) is 0 Å². The van der Waals surface area contributed by atoms with Crippen LogP contribution in [0.4, 0.5) is 4.79 Å². The van der Waals surface area contributed by atoms with Gasteiger partial charge in [-0.25, -0.2) is 9.78 Å². The molecule has 1 atom stereocenters. The van der Waals surface area contributed by atoms with E-state index in [2.05, 4.69) is 15.3 Å². The Morgan fingerprint density at radius 2 is 2.21 bits per heavy atom. The van der Waals surface area contributed by atoms with Gasteiger partial charge in [0.15, 0.2) is 5.65 Å². The number of amides is 1. The highest BCUT2D eigenvalue weighted by Crippen LogP contribution is 2.32. The second-order valence-corrected chi connectivity index (χ2v) is 10.1. The first-order chi connectivity index (χ1) is 15.9. The number of fused-ring (bicyclic) bond motifs is 2. The maximum absolute atomic E-state index is 12.3. The monoisotopic (exact) mass is 466 g/mol. The second-order valence-electron chi connectivity index (χ2n) is 9.07. The number of nitrogens with one attached hydrogen (secondary N) is 1. The van der Waals surface area contributed by atoms with Crippen molar-refractivity contribution >= 4 is 38.7 Å². The zero-order valence-corrected chi connectivity index (χ0v) is 19.6. The fourth-order valence-corrected chi connectivity index (χ4v) is 4.54. The Bertz CT molecular complexity index is 1260. The molecule has 4 heterocycles. The Kier molecular flexibility index (Phi) is 5.67. The fraction of sp³-hybridized carbons (Fsp3) is 0.375. The number of hydrogen-bond donors (Lipinski definition) is 1. The Balaban J connectivity index is 1.18. The van der Waals surface area contributed by atoms with Gasteiger partial charge in [-0.2, -0.15) is 4.98 Å². The maximum atomic E-state index is 12.3. The van der Waals surface area contributed by atoms with Gasteiger partial charge in [-0.15, -0.1) is 0 Å². The van der Waals surface area contributed by atoms with Crippen LogP contribution in [0.25, 0.3) is 21.3 Å². The van der Waals surface area contributed by atoms with Crippen molar-refractivity contribution in [2.75, 3.05) is 13.1 Å². The molecule has 5 rings (SSSR count). The lowest BCUT2D eigenvalue weighted by Gasteiger charge is -2.41. The number of benzene rings is 1. The molecule has 1 N–H and O–H groups in total. The molecule has 0 radical (unpaired) electrons. The van der Waals surface area contributed by atoms with E-state index in [0.717, 1.165) is 34.2 Å². The highest BCUT2D eigenvalue weighted by molar-refractivity contribution is 7.20. The Hall–Kier alpha value is -3.17. The van der Waals surface area contributed by atoms with E-state index in [1.807, 2.05) is 51.1 Å². The number of likely N-dealkylation sites (tertiary alicyclic amines) is 1. The van der Waals surface area contributed by atoms with Crippen LogP contribution in [-0.2, 0) is 11.3 Å². The summed E-state index contributed by atoms with van der Waals surface area (Å²) in [4.78, 5) is 22.7. The summed E-state index contributed by atoms with van der Waals surface area (Å²) in [6.45, 7) is 7.75. The SMILES string of the molecule is CC(C)(C)OC(=O)N1CCC1CNCc1coc2cc(Oc3nc4ncccc4s3)ccc12. The number of furan rings is 1. The number of aromatic nitrogens is 2. The summed E-state index contributed by atoms with van der Waals surface area (Å²) in [5.74, 6) is 0.665. The van der Waals surface area contributed by atoms with Crippen LogP contribution in [0.3, 0.4) is 0 Å². The van der Waals surface area contributed by atoms with Gasteiger partial charge in [-0.1, -0.05) is 11.3 Å². The summed E-state index contributed by atoms with van der Waals surface area (Å²) >= 11 is 1.46. The van der Waals surface area contributed by atoms with Crippen LogP contribution in [0.1, 0.15) is 32.8 Å². The fourth-order valence-electron chi connectivity index (χ4n) is 3.74. The zero-order valence-electron chi connectivity index (χ0n) is 18.8. The van der Waals surface area contributed by atoms with Gasteiger partial charge in [0.2, 0.25) is 0 Å². The lowest BCUT2D eigenvalue weighted by Crippen LogP contribution is -2.56. The molecule has 0 aliphatic carbocycles. The first-order valence-corrected chi connectivity index (χ1v) is 11.8. The van der Waals surface area contributed by atoms with E-state index in [1.54, 1.807) is 17.4 Å². The Morgan fingerprint density at radius 3 is 2.97 bits per heavy atom. The standard InChI is InChI=1S/C24H26N4O4S/c1-24(2,3)32-23(29)28-10-8-16(28)13-25-12-15-14-30-19-11-17(6-7-18(15)19)31-22-27-21-20(33-22)5-4-9-26-21/h4-7,9,11,14,16,25H,8,10,12-13H2,1-3H3. The first kappa shape index (κ1) is 21.7. The predicted octanol–water partition coefficient (Wildman–Crippen LogP) is 5.33. The first-order valence-electron chi connectivity index (χ1n) is 11.0. The van der Waals surface area contributed by atoms with E-state index in [4.69, 9.17) is 13.9 Å². The number of carbonyl (C=O) groups excluding carboxylic acids is 1. The molecule has 1 amide bonds. The summed E-state index contributed by atoms with van der Waals surface area (Å²) in [6, 6.07) is 9.78. The second kappa shape index (κ2) is 8.64. The zero-order chi connectivity index (χ0) is 23.0. The number of carbonyl (C=O) groups is 1. The summed E-state index contributed by atoms with van der Waals surface area (Å²) in [5.41, 5.74) is 2.01. The van der Waals surface area contributed by atoms with Gasteiger partial charge < -0.3 is 24.1 Å². The van der Waals surface area contributed by atoms with Crippen molar-refractivity contribution in [2.45, 2.75) is 45.4 Å². The van der Waals surface area contributed by atoms with E-state index in [0.29, 0.717) is 29.7 Å². The third-order valence-electron chi connectivity index (χ3n) is 5.45. The van der Waals surface area contributed by atoms with E-state index in [9.17, 15) is 4.79 Å². The quantitative estimate of drug-likeness (QED) is 0.411. The molecular formula is C24H26N4O4S. The van der Waals surface area contributed by atoms with E-state index in [1.165, 1.54) is 11.3 Å². The van der Waals surface area contributed by atoms with Gasteiger partial charge in [0.05, 0.1) is 11.0 Å². The van der Waals surface area contributed by atoms with E-state index < -0.39 is 5.60 Å². The van der Waals surface area contributed by atoms with Gasteiger partial charge in [-0.05, 0) is 51.5 Å². The van der Waals surface area contributed by atoms with Crippen molar-refractivity contribution < 1.29 is 18.7 Å². The van der Waals surface area contributed by atoms with Gasteiger partial charge in [0.25, 0.3) is 5.19 Å². The molecule has 9 heteroatoms. The molecule has 0 saturated carbocycles. The number of nitrogens with zero attached hydrogens (tertiary/aromatic N) is 3. The van der Waals surface area contributed by atoms with Crippen LogP contribution < -0.4 is 10.1 Å². The highest BCUT2D eigenvalue weighted by Gasteiger charge is 2.34. The summed E-state index contributed by atoms with van der Waals surface area (Å²) < 4.78 is 18.2. The number of rotatable bonds is 6. The molecule has 1 aliphatic heterocycles. The van der Waals surface area contributed by atoms with Gasteiger partial charge >= 0.3 is 6.09 Å². The molecule has 1 fully saturated rings. The largest absolute Gasteiger partial charge is 0.464 e. The Labute approximate surface area is 195 Å². The van der Waals surface area contributed by atoms with Crippen LogP contribution in [-0.4, -0.2) is 45.7 Å². The molecule has 1 aromatic carbocycles. The Morgan fingerprint density at radius 1 is 1.33 bits per heavy atom. The number of hydrogen-bond acceptors (Lipinski definition) is 8. The van der Waals surface area contributed by atoms with Gasteiger partial charge in [0.1, 0.15) is 16.9 Å². The molecule has 172 valence electrons. The van der Waals surface area contributed by atoms with Crippen LogP contribution in [0, 0.1) is 0 Å². The number of pyridine rings is 1. The number of ether oxygens (including phenoxy) is 2. The maximum Gasteiger partial charge on any atom is 0.410 e. The van der Waals surface area contributed by atoms with Crippen molar-refractivity contribution in [3.05, 3.63) is 48.4 Å². The third kappa shape index (κ3) is 4.79. The lowest BCUT2D eigenvalue weighted by molar-refractivity contribution is -0.00494. The topological polar surface area (TPSA) is 89.7 Å². The molecule has 0 spiro atoms. The van der Waals surface area contributed by atoms with E-state index >= 15 is 0 Å². The molecule has 3 aromatic heterocycles. The minimum absolute atomic E-state index is 0.154. The molecular weight excluding hydrogens is 440 g/mol. The minimum Gasteiger partial charge on any atom is -0.464 e. The third-order valence-corrected chi connectivity index (χ3v) is 6.33. The summed E-state index contributed by atoms with van der Waals surface area (Å²) in [5, 5.41) is 5.02. The van der Waals surface area contributed by atoms with Crippen molar-refractivity contribution in [1.29, 1.82) is 0 Å². The summed E-state index contributed by atoms with van der Waals surface area (Å²) in [7, 11) is 0. The lowest BCUT2D eigenvalue weighted by atomic mass is 10.0. The van der Waals surface area contributed by atoms with Crippen LogP contribution in [0.15, 0.2) is 47.2 Å². The molecule has 4 aromatic rings. The number of thiazole rings is 1. The molecule has 8 nitrogen and oxygen atoms in total. The summed E-state index contributed by atoms with van der Waals surface area (Å²) in [6.07, 6.45) is 4.21. The van der Waals surface area contributed by atoms with Crippen molar-refractivity contribution in [3.8, 4) is 10.9 Å². The smallest absolute Gasteiger partial charge is 0.410 e. The normalized spacial score (nSPS) is 16.2. The molecule has 1 saturated heterocycles. The predicted molar refractivity (Wildman–Crippen MR) is 127 cm³/mol. The van der Waals surface area contributed by atoms with Crippen molar-refractivity contribution in [1.82, 2.24) is 20.2 Å². The average molecular weight is 467 g/mol. The minimum atomic E-state index is -0.479. The van der Waals surface area contributed by atoms with E-state index in [-0.39, 0.29) is 12.1 Å². The van der Waals surface area contributed by atoms with Gasteiger partial charge in [0, 0.05) is 48.9 Å².